The third-order valence-corrected chi connectivity index (χ3v) is 0.498. The molecule has 1 aromatic heterocycles. The van der Waals surface area contributed by atoms with Crippen molar-refractivity contribution in [2.24, 2.45) is 0 Å². The van der Waals surface area contributed by atoms with Crippen LogP contribution in [0.5, 0.6) is 0 Å². The Labute approximate surface area is 72.5 Å². The summed E-state index contributed by atoms with van der Waals surface area (Å²) in [4.78, 5) is 6.08. The van der Waals surface area contributed by atoms with Crippen LogP contribution in [-0.2, 0) is 0 Å². The Morgan fingerprint density at radius 3 is 2.38 bits per heavy atom. The second-order valence-corrected chi connectivity index (χ2v) is 0.938. The molecule has 4 heteroatoms. The topological polar surface area (TPSA) is 52.5 Å². The fourth-order valence-corrected chi connectivity index (χ4v) is 0.265. The first kappa shape index (κ1) is 10.9. The Hall–Kier alpha value is 0.0619. The van der Waals surface area contributed by atoms with Gasteiger partial charge in [0.05, 0.1) is 0 Å². The summed E-state index contributed by atoms with van der Waals surface area (Å²) < 4.78 is 0. The van der Waals surface area contributed by atoms with Crippen LogP contribution in [0.15, 0.2) is 12.4 Å². The number of aromatic nitrogens is 2. The molecule has 42 valence electrons. The molecule has 0 bridgehead atoms. The maximum Gasteiger partial charge on any atom is 2.00 e. The zero-order valence-corrected chi connectivity index (χ0v) is 8.77. The smallest absolute Gasteiger partial charge is 0.418 e. The largest absolute Gasteiger partial charge is 2.00 e. The molecule has 0 fully saturated rings. The molecule has 0 aromatic carbocycles. The van der Waals surface area contributed by atoms with E-state index in [0.717, 1.165) is 0 Å². The number of aromatic amines is 1. The van der Waals surface area contributed by atoms with Gasteiger partial charge in [0.25, 0.3) is 0 Å². The van der Waals surface area contributed by atoms with Crippen molar-refractivity contribution < 1.29 is 31.1 Å². The van der Waals surface area contributed by atoms with Crippen LogP contribution in [0.25, 0.3) is 5.73 Å². The molecule has 0 aliphatic heterocycles. The van der Waals surface area contributed by atoms with Gasteiger partial charge in [-0.2, -0.15) is 0 Å². The van der Waals surface area contributed by atoms with Crippen molar-refractivity contribution in [2.75, 3.05) is 0 Å². The number of imidazole rings is 1. The van der Waals surface area contributed by atoms with E-state index in [1.807, 2.05) is 0 Å². The van der Waals surface area contributed by atoms with Gasteiger partial charge in [0.1, 0.15) is 0 Å². The molecular formula is C4H7N3U. The summed E-state index contributed by atoms with van der Waals surface area (Å²) in [6.45, 7) is 0. The van der Waals surface area contributed by atoms with Crippen molar-refractivity contribution in [1.82, 2.24) is 9.97 Å². The van der Waals surface area contributed by atoms with Crippen LogP contribution in [0, 0.1) is 38.5 Å². The van der Waals surface area contributed by atoms with Crippen LogP contribution in [0.2, 0.25) is 0 Å². The van der Waals surface area contributed by atoms with Gasteiger partial charge in [-0.25, -0.2) is 0 Å². The van der Waals surface area contributed by atoms with Crippen LogP contribution < -0.4 is 0 Å². The molecule has 3 nitrogen and oxygen atoms in total. The SMILES string of the molecule is [CH3-].[NH-]c1ncc[nH]1.[U+2]. The van der Waals surface area contributed by atoms with E-state index in [1.165, 1.54) is 0 Å². The third kappa shape index (κ3) is 3.11. The third-order valence-electron chi connectivity index (χ3n) is 0.498. The minimum Gasteiger partial charge on any atom is -0.418 e. The average Bonchev–Trinajstić information content (AvgIpc) is 1.86. The van der Waals surface area contributed by atoms with Gasteiger partial charge in [0.15, 0.2) is 0 Å². The van der Waals surface area contributed by atoms with Crippen molar-refractivity contribution in [1.29, 1.82) is 0 Å². The van der Waals surface area contributed by atoms with Crippen molar-refractivity contribution in [3.05, 3.63) is 25.6 Å². The van der Waals surface area contributed by atoms with Crippen LogP contribution in [0.3, 0.4) is 0 Å². The van der Waals surface area contributed by atoms with Gasteiger partial charge in [0.2, 0.25) is 0 Å². The monoisotopic (exact) mass is 335 g/mol. The van der Waals surface area contributed by atoms with Gasteiger partial charge in [-0.3, -0.25) is 0 Å². The number of H-pyrrole nitrogens is 1. The predicted octanol–water partition coefficient (Wildman–Crippen LogP) is 1.54. The van der Waals surface area contributed by atoms with Crippen molar-refractivity contribution in [2.45, 2.75) is 0 Å². The van der Waals surface area contributed by atoms with E-state index < -0.39 is 0 Å². The Kier molecular flexibility index (Phi) is 7.12. The molecule has 0 atom stereocenters. The van der Waals surface area contributed by atoms with E-state index in [1.54, 1.807) is 12.4 Å². The molecule has 0 aliphatic carbocycles. The predicted molar refractivity (Wildman–Crippen MR) is 29.0 cm³/mol. The number of nitrogens with one attached hydrogen (secondary N) is 2. The number of hydrogen-bond donors (Lipinski definition) is 1. The van der Waals surface area contributed by atoms with E-state index in [0.29, 0.717) is 0 Å². The molecule has 1 rings (SSSR count). The summed E-state index contributed by atoms with van der Waals surface area (Å²) in [5.74, 6) is 0.218. The summed E-state index contributed by atoms with van der Waals surface area (Å²) in [7, 11) is 0. The van der Waals surface area contributed by atoms with Crippen molar-refractivity contribution >= 4 is 5.95 Å². The van der Waals surface area contributed by atoms with Gasteiger partial charge >= 0.3 is 31.1 Å². The maximum absolute atomic E-state index is 6.71. The summed E-state index contributed by atoms with van der Waals surface area (Å²) in [5, 5.41) is 0. The first-order valence-electron chi connectivity index (χ1n) is 1.60. The van der Waals surface area contributed by atoms with Crippen LogP contribution in [0.1, 0.15) is 0 Å². The summed E-state index contributed by atoms with van der Waals surface area (Å²) in [5.41, 5.74) is 6.71. The van der Waals surface area contributed by atoms with Crippen LogP contribution in [-0.4, -0.2) is 9.97 Å². The molecule has 0 unspecified atom stereocenters. The molecular weight excluding hydrogens is 328 g/mol. The Morgan fingerprint density at radius 2 is 2.25 bits per heavy atom. The number of nitrogens with zero attached hydrogens (tertiary/aromatic N) is 1. The Bertz CT molecular complexity index is 115. The molecule has 0 spiro atoms. The maximum atomic E-state index is 6.71. The fraction of sp³-hybridized carbons (Fsp3) is 0. The second-order valence-electron chi connectivity index (χ2n) is 0.938. The van der Waals surface area contributed by atoms with E-state index >= 15 is 0 Å². The zero-order valence-electron chi connectivity index (χ0n) is 4.60. The first-order valence-corrected chi connectivity index (χ1v) is 1.60. The zero-order chi connectivity index (χ0) is 4.41. The molecule has 2 N–H and O–H groups in total. The van der Waals surface area contributed by atoms with E-state index in [-0.39, 0.29) is 44.5 Å². The van der Waals surface area contributed by atoms with Gasteiger partial charge in [0, 0.05) is 5.95 Å². The van der Waals surface area contributed by atoms with Gasteiger partial charge in [-0.15, -0.1) is 0 Å². The summed E-state index contributed by atoms with van der Waals surface area (Å²) >= 11 is 0. The van der Waals surface area contributed by atoms with E-state index in [2.05, 4.69) is 9.97 Å². The molecule has 0 aliphatic rings. The normalized spacial score (nSPS) is 6.50. The van der Waals surface area contributed by atoms with E-state index in [9.17, 15) is 0 Å². The summed E-state index contributed by atoms with van der Waals surface area (Å²) in [6.07, 6.45) is 3.16. The molecule has 0 amide bonds. The second kappa shape index (κ2) is 5.20. The molecule has 8 heavy (non-hydrogen) atoms. The molecule has 1 aromatic rings. The molecule has 0 saturated carbocycles. The van der Waals surface area contributed by atoms with Gasteiger partial charge in [-0.05, 0) is 6.20 Å². The van der Waals surface area contributed by atoms with Gasteiger partial charge < -0.3 is 23.1 Å². The molecule has 0 saturated heterocycles. The van der Waals surface area contributed by atoms with Gasteiger partial charge in [-0.1, -0.05) is 6.20 Å². The van der Waals surface area contributed by atoms with Crippen molar-refractivity contribution in [3.63, 3.8) is 0 Å². The van der Waals surface area contributed by atoms with Crippen LogP contribution >= 0.6 is 0 Å². The molecule has 1 heterocycles. The quantitative estimate of drug-likeness (QED) is 0.719. The minimum atomic E-state index is 0. The van der Waals surface area contributed by atoms with Crippen LogP contribution in [0.4, 0.5) is 5.95 Å². The Balaban J connectivity index is 0. The number of rotatable bonds is 0. The molecule has 0 radical (unpaired) electrons. The first-order chi connectivity index (χ1) is 2.89. The summed E-state index contributed by atoms with van der Waals surface area (Å²) in [6, 6.07) is 0. The van der Waals surface area contributed by atoms with E-state index in [4.69, 9.17) is 5.73 Å². The number of hydrogen-bond acceptors (Lipinski definition) is 1. The minimum absolute atomic E-state index is 0. The fourth-order valence-electron chi connectivity index (χ4n) is 0.265. The Morgan fingerprint density at radius 1 is 1.62 bits per heavy atom. The standard InChI is InChI=1S/C3H4N3.CH3.U/c4-3-5-1-2-6-3;;/h1-2H,(H2-,4,5,6);1H3;/q2*-1;+2. The average molecular weight is 335 g/mol. The van der Waals surface area contributed by atoms with Crippen molar-refractivity contribution in [3.8, 4) is 0 Å².